The molecule has 130 valence electrons. The van der Waals surface area contributed by atoms with E-state index in [0.717, 1.165) is 32.0 Å². The Morgan fingerprint density at radius 2 is 1.96 bits per heavy atom. The molecule has 0 aliphatic carbocycles. The largest absolute Gasteiger partial charge is 0.357 e. The van der Waals surface area contributed by atoms with Crippen molar-refractivity contribution < 1.29 is 0 Å². The van der Waals surface area contributed by atoms with E-state index in [-0.39, 0.29) is 0 Å². The molecule has 0 saturated carbocycles. The van der Waals surface area contributed by atoms with Crippen molar-refractivity contribution in [3.63, 3.8) is 0 Å². The van der Waals surface area contributed by atoms with Crippen LogP contribution >= 0.6 is 11.3 Å². The van der Waals surface area contributed by atoms with E-state index in [0.29, 0.717) is 6.04 Å². The Morgan fingerprint density at radius 1 is 1.17 bits per heavy atom. The van der Waals surface area contributed by atoms with Gasteiger partial charge in [0.15, 0.2) is 0 Å². The van der Waals surface area contributed by atoms with Crippen molar-refractivity contribution >= 4 is 17.2 Å². The van der Waals surface area contributed by atoms with Gasteiger partial charge in [-0.3, -0.25) is 4.90 Å². The number of thiazole rings is 1. The first-order chi connectivity index (χ1) is 11.6. The number of aromatic nitrogens is 2. The molecule has 0 spiro atoms. The van der Waals surface area contributed by atoms with Crippen LogP contribution in [-0.4, -0.2) is 60.0 Å². The Hall–Kier alpha value is -1.50. The molecule has 24 heavy (non-hydrogen) atoms. The third-order valence-corrected chi connectivity index (χ3v) is 5.41. The van der Waals surface area contributed by atoms with Gasteiger partial charge in [-0.1, -0.05) is 6.07 Å². The third-order valence-electron chi connectivity index (χ3n) is 4.52. The molecule has 1 aliphatic rings. The Kier molecular flexibility index (Phi) is 5.81. The van der Waals surface area contributed by atoms with E-state index in [1.807, 2.05) is 12.3 Å². The van der Waals surface area contributed by atoms with E-state index < -0.39 is 0 Å². The van der Waals surface area contributed by atoms with Crippen LogP contribution in [0.1, 0.15) is 23.5 Å². The zero-order valence-corrected chi connectivity index (χ0v) is 15.7. The summed E-state index contributed by atoms with van der Waals surface area (Å²) < 4.78 is 0. The van der Waals surface area contributed by atoms with E-state index in [9.17, 15) is 0 Å². The van der Waals surface area contributed by atoms with Crippen molar-refractivity contribution in [2.24, 2.45) is 0 Å². The average Bonchev–Trinajstić information content (AvgIpc) is 3.02. The molecule has 2 aromatic heterocycles. The van der Waals surface area contributed by atoms with Crippen LogP contribution in [0.25, 0.3) is 0 Å². The molecular formula is C18H27N5S. The summed E-state index contributed by atoms with van der Waals surface area (Å²) in [6.45, 7) is 4.03. The van der Waals surface area contributed by atoms with Crippen LogP contribution in [0.3, 0.4) is 0 Å². The lowest BCUT2D eigenvalue weighted by atomic mass is 10.0. The maximum Gasteiger partial charge on any atom is 0.128 e. The molecule has 0 bridgehead atoms. The molecule has 1 saturated heterocycles. The minimum atomic E-state index is 0.629. The maximum absolute atomic E-state index is 4.76. The molecule has 6 heteroatoms. The third kappa shape index (κ3) is 4.53. The molecule has 0 unspecified atom stereocenters. The topological polar surface area (TPSA) is 35.5 Å². The van der Waals surface area contributed by atoms with Gasteiger partial charge in [-0.2, -0.15) is 0 Å². The van der Waals surface area contributed by atoms with Crippen molar-refractivity contribution in [3.8, 4) is 0 Å². The zero-order chi connectivity index (χ0) is 16.9. The summed E-state index contributed by atoms with van der Waals surface area (Å²) in [7, 11) is 6.40. The van der Waals surface area contributed by atoms with E-state index in [1.165, 1.54) is 23.5 Å². The molecule has 2 aromatic rings. The second-order valence-electron chi connectivity index (χ2n) is 6.79. The predicted molar refractivity (Wildman–Crippen MR) is 100 cm³/mol. The van der Waals surface area contributed by atoms with E-state index >= 15 is 0 Å². The number of anilines is 1. The molecule has 0 aromatic carbocycles. The fourth-order valence-electron chi connectivity index (χ4n) is 3.23. The van der Waals surface area contributed by atoms with Gasteiger partial charge in [-0.15, -0.1) is 11.3 Å². The second kappa shape index (κ2) is 8.05. The number of pyridine rings is 1. The van der Waals surface area contributed by atoms with Gasteiger partial charge in [-0.25, -0.2) is 9.97 Å². The molecule has 3 rings (SSSR count). The SMILES string of the molecule is CN(C)Cc1nc(CN(C)C2CCN(c3ccccn3)CC2)cs1. The quantitative estimate of drug-likeness (QED) is 0.804. The van der Waals surface area contributed by atoms with Crippen LogP contribution in [0.2, 0.25) is 0 Å². The van der Waals surface area contributed by atoms with Crippen LogP contribution in [0.15, 0.2) is 29.8 Å². The minimum Gasteiger partial charge on any atom is -0.357 e. The van der Waals surface area contributed by atoms with Crippen molar-refractivity contribution in [3.05, 3.63) is 40.5 Å². The fourth-order valence-corrected chi connectivity index (χ4v) is 4.13. The van der Waals surface area contributed by atoms with Gasteiger partial charge < -0.3 is 9.80 Å². The summed E-state index contributed by atoms with van der Waals surface area (Å²) in [6, 6.07) is 6.77. The van der Waals surface area contributed by atoms with Gasteiger partial charge in [0.05, 0.1) is 5.69 Å². The zero-order valence-electron chi connectivity index (χ0n) is 14.9. The van der Waals surface area contributed by atoms with Crippen molar-refractivity contribution in [1.29, 1.82) is 0 Å². The number of nitrogens with zero attached hydrogens (tertiary/aromatic N) is 5. The molecule has 0 radical (unpaired) electrons. The number of rotatable bonds is 6. The normalized spacial score (nSPS) is 16.3. The van der Waals surface area contributed by atoms with Crippen LogP contribution in [0, 0.1) is 0 Å². The van der Waals surface area contributed by atoms with Crippen LogP contribution in [0.4, 0.5) is 5.82 Å². The summed E-state index contributed by atoms with van der Waals surface area (Å²) >= 11 is 1.77. The summed E-state index contributed by atoms with van der Waals surface area (Å²) in [5.74, 6) is 1.10. The lowest BCUT2D eigenvalue weighted by molar-refractivity contribution is 0.198. The number of hydrogen-bond acceptors (Lipinski definition) is 6. The monoisotopic (exact) mass is 345 g/mol. The van der Waals surface area contributed by atoms with Crippen LogP contribution < -0.4 is 4.90 Å². The number of piperidine rings is 1. The summed E-state index contributed by atoms with van der Waals surface area (Å²) in [5.41, 5.74) is 1.20. The predicted octanol–water partition coefficient (Wildman–Crippen LogP) is 2.70. The standard InChI is InChI=1S/C18H27N5S/c1-21(2)13-18-20-15(14-24-18)12-22(3)16-7-10-23(11-8-16)17-6-4-5-9-19-17/h4-6,9,14,16H,7-8,10-13H2,1-3H3. The lowest BCUT2D eigenvalue weighted by Crippen LogP contribution is -2.43. The molecule has 5 nitrogen and oxygen atoms in total. The summed E-state index contributed by atoms with van der Waals surface area (Å²) in [6.07, 6.45) is 4.24. The highest BCUT2D eigenvalue weighted by Gasteiger charge is 2.23. The minimum absolute atomic E-state index is 0.629. The van der Waals surface area contributed by atoms with Gasteiger partial charge in [0.25, 0.3) is 0 Å². The van der Waals surface area contributed by atoms with E-state index in [1.54, 1.807) is 11.3 Å². The molecule has 1 aliphatic heterocycles. The Balaban J connectivity index is 1.50. The van der Waals surface area contributed by atoms with Crippen molar-refractivity contribution in [2.75, 3.05) is 39.1 Å². The molecule has 3 heterocycles. The molecule has 0 amide bonds. The van der Waals surface area contributed by atoms with Gasteiger partial charge in [-0.05, 0) is 46.1 Å². The van der Waals surface area contributed by atoms with E-state index in [2.05, 4.69) is 58.3 Å². The van der Waals surface area contributed by atoms with Gasteiger partial charge in [0, 0.05) is 43.8 Å². The highest BCUT2D eigenvalue weighted by Crippen LogP contribution is 2.22. The first-order valence-electron chi connectivity index (χ1n) is 8.56. The summed E-state index contributed by atoms with van der Waals surface area (Å²) in [5, 5.41) is 3.41. The highest BCUT2D eigenvalue weighted by atomic mass is 32.1. The molecule has 0 atom stereocenters. The highest BCUT2D eigenvalue weighted by molar-refractivity contribution is 7.09. The van der Waals surface area contributed by atoms with Crippen molar-refractivity contribution in [2.45, 2.75) is 32.0 Å². The average molecular weight is 346 g/mol. The first kappa shape index (κ1) is 17.3. The lowest BCUT2D eigenvalue weighted by Gasteiger charge is -2.37. The van der Waals surface area contributed by atoms with Gasteiger partial charge >= 0.3 is 0 Å². The smallest absolute Gasteiger partial charge is 0.128 e. The Labute approximate surface area is 148 Å². The second-order valence-corrected chi connectivity index (χ2v) is 7.73. The van der Waals surface area contributed by atoms with Gasteiger partial charge in [0.2, 0.25) is 0 Å². The molecule has 1 fully saturated rings. The summed E-state index contributed by atoms with van der Waals surface area (Å²) in [4.78, 5) is 16.2. The fraction of sp³-hybridized carbons (Fsp3) is 0.556. The van der Waals surface area contributed by atoms with Gasteiger partial charge in [0.1, 0.15) is 10.8 Å². The van der Waals surface area contributed by atoms with E-state index in [4.69, 9.17) is 4.98 Å². The maximum atomic E-state index is 4.76. The Bertz CT molecular complexity index is 619. The van der Waals surface area contributed by atoms with Crippen LogP contribution in [0.5, 0.6) is 0 Å². The van der Waals surface area contributed by atoms with Crippen LogP contribution in [-0.2, 0) is 13.1 Å². The first-order valence-corrected chi connectivity index (χ1v) is 9.44. The Morgan fingerprint density at radius 3 is 2.62 bits per heavy atom. The molecule has 0 N–H and O–H groups in total. The molecular weight excluding hydrogens is 318 g/mol. The van der Waals surface area contributed by atoms with Crippen molar-refractivity contribution in [1.82, 2.24) is 19.8 Å². The number of hydrogen-bond donors (Lipinski definition) is 0.